The first-order valence-corrected chi connectivity index (χ1v) is 2.78. The first-order valence-electron chi connectivity index (χ1n) is 2.78. The van der Waals surface area contributed by atoms with Gasteiger partial charge in [0.25, 0.3) is 0 Å². The smallest absolute Gasteiger partial charge is 0.237 e. The van der Waals surface area contributed by atoms with E-state index in [9.17, 15) is 0 Å². The zero-order valence-corrected chi connectivity index (χ0v) is 5.96. The van der Waals surface area contributed by atoms with Crippen molar-refractivity contribution in [1.82, 2.24) is 9.78 Å². The monoisotopic (exact) mass is 142 g/mol. The summed E-state index contributed by atoms with van der Waals surface area (Å²) in [4.78, 5) is 0. The number of aryl methyl sites for hydroxylation is 1. The molecule has 56 valence electrons. The average Bonchev–Trinajstić information content (AvgIpc) is 2.09. The van der Waals surface area contributed by atoms with Crippen molar-refractivity contribution in [2.45, 2.75) is 0 Å². The van der Waals surface area contributed by atoms with Crippen LogP contribution in [0.4, 0.5) is 11.5 Å². The number of nitrogens with two attached hydrogens (primary N) is 2. The minimum absolute atomic E-state index is 0.305. The lowest BCUT2D eigenvalue weighted by atomic mass is 10.5. The molecule has 0 spiro atoms. The molecule has 1 heterocycles. The average molecular weight is 142 g/mol. The van der Waals surface area contributed by atoms with E-state index in [0.717, 1.165) is 0 Å². The highest BCUT2D eigenvalue weighted by Gasteiger charge is 2.09. The summed E-state index contributed by atoms with van der Waals surface area (Å²) in [5.41, 5.74) is 11.3. The van der Waals surface area contributed by atoms with E-state index in [0.29, 0.717) is 17.4 Å². The van der Waals surface area contributed by atoms with Gasteiger partial charge >= 0.3 is 0 Å². The molecule has 0 aliphatic rings. The number of aromatic nitrogens is 2. The fraction of sp³-hybridized carbons (Fsp3) is 0.400. The fourth-order valence-electron chi connectivity index (χ4n) is 0.787. The van der Waals surface area contributed by atoms with E-state index in [1.54, 1.807) is 7.05 Å². The normalized spacial score (nSPS) is 9.80. The topological polar surface area (TPSA) is 79.1 Å². The van der Waals surface area contributed by atoms with Crippen LogP contribution in [0.15, 0.2) is 0 Å². The van der Waals surface area contributed by atoms with Crippen molar-refractivity contribution in [2.24, 2.45) is 7.05 Å². The van der Waals surface area contributed by atoms with Gasteiger partial charge in [-0.15, -0.1) is 0 Å². The lowest BCUT2D eigenvalue weighted by Crippen LogP contribution is -1.96. The third-order valence-corrected chi connectivity index (χ3v) is 1.25. The number of methoxy groups -OCH3 is 1. The Labute approximate surface area is 58.6 Å². The Hall–Kier alpha value is -1.39. The summed E-state index contributed by atoms with van der Waals surface area (Å²) in [6, 6.07) is 0. The highest BCUT2D eigenvalue weighted by molar-refractivity contribution is 5.65. The third-order valence-electron chi connectivity index (χ3n) is 1.25. The van der Waals surface area contributed by atoms with E-state index >= 15 is 0 Å². The van der Waals surface area contributed by atoms with Gasteiger partial charge in [0, 0.05) is 7.05 Å². The molecule has 0 atom stereocenters. The molecule has 1 rings (SSSR count). The number of nitrogens with zero attached hydrogens (tertiary/aromatic N) is 2. The molecule has 0 unspecified atom stereocenters. The van der Waals surface area contributed by atoms with E-state index < -0.39 is 0 Å². The summed E-state index contributed by atoms with van der Waals surface area (Å²) < 4.78 is 6.38. The Bertz CT molecular complexity index is 242. The van der Waals surface area contributed by atoms with Gasteiger partial charge in [-0.2, -0.15) is 5.10 Å². The molecule has 0 aromatic carbocycles. The quantitative estimate of drug-likeness (QED) is 0.558. The van der Waals surface area contributed by atoms with Crippen LogP contribution in [0.1, 0.15) is 0 Å². The van der Waals surface area contributed by atoms with E-state index in [2.05, 4.69) is 5.10 Å². The second kappa shape index (κ2) is 2.09. The van der Waals surface area contributed by atoms with E-state index in [-0.39, 0.29) is 0 Å². The maximum absolute atomic E-state index is 5.48. The fourth-order valence-corrected chi connectivity index (χ4v) is 0.787. The van der Waals surface area contributed by atoms with Crippen molar-refractivity contribution >= 4 is 11.5 Å². The van der Waals surface area contributed by atoms with Gasteiger partial charge < -0.3 is 16.2 Å². The molecule has 10 heavy (non-hydrogen) atoms. The molecule has 0 amide bonds. The molecule has 4 N–H and O–H groups in total. The molecule has 1 aromatic rings. The van der Waals surface area contributed by atoms with Gasteiger partial charge in [0.2, 0.25) is 5.88 Å². The summed E-state index contributed by atoms with van der Waals surface area (Å²) in [6.45, 7) is 0. The number of ether oxygens (including phenoxy) is 1. The minimum Gasteiger partial charge on any atom is -0.480 e. The Morgan fingerprint density at radius 2 is 2.10 bits per heavy atom. The minimum atomic E-state index is 0.305. The number of anilines is 2. The van der Waals surface area contributed by atoms with Crippen LogP contribution in [0.3, 0.4) is 0 Å². The van der Waals surface area contributed by atoms with Gasteiger partial charge in [0.05, 0.1) is 7.11 Å². The lowest BCUT2D eigenvalue weighted by molar-refractivity contribution is 0.375. The Kier molecular flexibility index (Phi) is 1.41. The first-order chi connectivity index (χ1) is 4.66. The van der Waals surface area contributed by atoms with Crippen LogP contribution in [0, 0.1) is 0 Å². The molecule has 0 bridgehead atoms. The van der Waals surface area contributed by atoms with E-state index in [4.69, 9.17) is 16.2 Å². The molecule has 1 aromatic heterocycles. The standard InChI is InChI=1S/C5H10N4O/c1-9-5(10-2)3(6)4(7)8-9/h6H2,1-2H3,(H2,7,8). The summed E-state index contributed by atoms with van der Waals surface area (Å²) in [6.07, 6.45) is 0. The number of rotatable bonds is 1. The van der Waals surface area contributed by atoms with Gasteiger partial charge in [0.15, 0.2) is 5.82 Å². The van der Waals surface area contributed by atoms with Crippen LogP contribution in [0.5, 0.6) is 5.88 Å². The summed E-state index contributed by atoms with van der Waals surface area (Å²) in [5, 5.41) is 3.83. The van der Waals surface area contributed by atoms with Crippen LogP contribution in [0.2, 0.25) is 0 Å². The van der Waals surface area contributed by atoms with E-state index in [1.165, 1.54) is 11.8 Å². The maximum Gasteiger partial charge on any atom is 0.237 e. The molecule has 0 saturated carbocycles. The molecular formula is C5H10N4O. The second-order valence-electron chi connectivity index (χ2n) is 1.93. The molecule has 0 saturated heterocycles. The summed E-state index contributed by atoms with van der Waals surface area (Å²) in [5.74, 6) is 0.803. The van der Waals surface area contributed by atoms with Crippen molar-refractivity contribution in [3.63, 3.8) is 0 Å². The zero-order valence-electron chi connectivity index (χ0n) is 5.96. The summed E-state index contributed by atoms with van der Waals surface area (Å²) >= 11 is 0. The molecule has 5 heteroatoms. The molecule has 5 nitrogen and oxygen atoms in total. The first kappa shape index (κ1) is 6.73. The van der Waals surface area contributed by atoms with Crippen molar-refractivity contribution in [2.75, 3.05) is 18.6 Å². The van der Waals surface area contributed by atoms with Crippen LogP contribution < -0.4 is 16.2 Å². The SMILES string of the molecule is COc1c(N)c(N)nn1C. The highest BCUT2D eigenvalue weighted by Crippen LogP contribution is 2.24. The maximum atomic E-state index is 5.48. The predicted molar refractivity (Wildman–Crippen MR) is 38.6 cm³/mol. The highest BCUT2D eigenvalue weighted by atomic mass is 16.5. The van der Waals surface area contributed by atoms with Crippen LogP contribution >= 0.6 is 0 Å². The van der Waals surface area contributed by atoms with Crippen LogP contribution in [-0.4, -0.2) is 16.9 Å². The van der Waals surface area contributed by atoms with Gasteiger partial charge in [-0.25, -0.2) is 4.68 Å². The lowest BCUT2D eigenvalue weighted by Gasteiger charge is -1.98. The van der Waals surface area contributed by atoms with Crippen LogP contribution in [0.25, 0.3) is 0 Å². The van der Waals surface area contributed by atoms with Gasteiger partial charge in [0.1, 0.15) is 5.69 Å². The number of hydrogen-bond acceptors (Lipinski definition) is 4. The Morgan fingerprint density at radius 3 is 2.30 bits per heavy atom. The second-order valence-corrected chi connectivity index (χ2v) is 1.93. The van der Waals surface area contributed by atoms with Crippen molar-refractivity contribution in [1.29, 1.82) is 0 Å². The summed E-state index contributed by atoms with van der Waals surface area (Å²) in [7, 11) is 3.23. The number of hydrogen-bond donors (Lipinski definition) is 2. The van der Waals surface area contributed by atoms with Crippen molar-refractivity contribution in [3.8, 4) is 5.88 Å². The Balaban J connectivity index is 3.20. The molecular weight excluding hydrogens is 132 g/mol. The van der Waals surface area contributed by atoms with Gasteiger partial charge in [-0.3, -0.25) is 0 Å². The predicted octanol–water partition coefficient (Wildman–Crippen LogP) is -0.407. The van der Waals surface area contributed by atoms with Gasteiger partial charge in [-0.05, 0) is 0 Å². The molecule has 0 aliphatic carbocycles. The Morgan fingerprint density at radius 1 is 1.50 bits per heavy atom. The molecule has 0 radical (unpaired) electrons. The zero-order chi connectivity index (χ0) is 7.72. The van der Waals surface area contributed by atoms with Gasteiger partial charge in [-0.1, -0.05) is 0 Å². The van der Waals surface area contributed by atoms with Crippen LogP contribution in [-0.2, 0) is 7.05 Å². The van der Waals surface area contributed by atoms with E-state index in [1.807, 2.05) is 0 Å². The number of nitrogen functional groups attached to an aromatic ring is 2. The van der Waals surface area contributed by atoms with Crippen molar-refractivity contribution in [3.05, 3.63) is 0 Å². The molecule has 0 fully saturated rings. The largest absolute Gasteiger partial charge is 0.480 e. The third kappa shape index (κ3) is 0.754. The van der Waals surface area contributed by atoms with Crippen molar-refractivity contribution < 1.29 is 4.74 Å². The molecule has 0 aliphatic heterocycles.